The average molecular weight is 533 g/mol. The topological polar surface area (TPSA) is 91.3 Å². The molecule has 4 atom stereocenters. The Bertz CT molecular complexity index is 1220. The summed E-state index contributed by atoms with van der Waals surface area (Å²) in [5.74, 6) is -1.11. The molecule has 3 aromatic carbocycles. The summed E-state index contributed by atoms with van der Waals surface area (Å²) in [6, 6.07) is 23.6. The van der Waals surface area contributed by atoms with Crippen LogP contribution in [0.5, 0.6) is 0 Å². The summed E-state index contributed by atoms with van der Waals surface area (Å²) in [6.45, 7) is 5.85. The van der Waals surface area contributed by atoms with Gasteiger partial charge in [0, 0.05) is 0 Å². The highest BCUT2D eigenvalue weighted by molar-refractivity contribution is 5.90. The predicted molar refractivity (Wildman–Crippen MR) is 146 cm³/mol. The van der Waals surface area contributed by atoms with Crippen LogP contribution in [-0.2, 0) is 25.6 Å². The second-order valence-electron chi connectivity index (χ2n) is 10.0. The van der Waals surface area contributed by atoms with E-state index in [1.54, 1.807) is 24.3 Å². The van der Waals surface area contributed by atoms with Gasteiger partial charge in [-0.3, -0.25) is 0 Å². The van der Waals surface area contributed by atoms with Gasteiger partial charge in [0.2, 0.25) is 0 Å². The number of hydrogen-bond acceptors (Lipinski definition) is 7. The van der Waals surface area contributed by atoms with Crippen LogP contribution >= 0.6 is 0 Å². The van der Waals surface area contributed by atoms with E-state index in [9.17, 15) is 14.7 Å². The number of rotatable bonds is 11. The fourth-order valence-electron chi connectivity index (χ4n) is 4.65. The zero-order valence-corrected chi connectivity index (χ0v) is 22.7. The number of ether oxygens (including phenoxy) is 4. The van der Waals surface area contributed by atoms with Gasteiger partial charge < -0.3 is 24.1 Å². The van der Waals surface area contributed by atoms with Crippen LogP contribution in [0.2, 0.25) is 0 Å². The van der Waals surface area contributed by atoms with Gasteiger partial charge in [-0.25, -0.2) is 9.59 Å². The minimum atomic E-state index is -1.40. The lowest BCUT2D eigenvalue weighted by Gasteiger charge is -2.36. The molecular formula is C32H36O7. The van der Waals surface area contributed by atoms with Crippen molar-refractivity contribution in [2.75, 3.05) is 6.61 Å². The van der Waals surface area contributed by atoms with E-state index in [-0.39, 0.29) is 13.2 Å². The second kappa shape index (κ2) is 13.0. The number of aryl methyl sites for hydroxylation is 2. The van der Waals surface area contributed by atoms with E-state index in [2.05, 4.69) is 0 Å². The molecule has 0 saturated carbocycles. The van der Waals surface area contributed by atoms with Crippen molar-refractivity contribution in [1.82, 2.24) is 0 Å². The second-order valence-corrected chi connectivity index (χ2v) is 10.0. The predicted octanol–water partition coefficient (Wildman–Crippen LogP) is 5.55. The molecule has 1 saturated heterocycles. The summed E-state index contributed by atoms with van der Waals surface area (Å²) in [5.41, 5.74) is 2.34. The molecule has 7 nitrogen and oxygen atoms in total. The summed E-state index contributed by atoms with van der Waals surface area (Å²) < 4.78 is 23.9. The van der Waals surface area contributed by atoms with Gasteiger partial charge in [0.05, 0.1) is 17.7 Å². The van der Waals surface area contributed by atoms with Crippen molar-refractivity contribution < 1.29 is 33.6 Å². The molecule has 7 heteroatoms. The first-order valence-electron chi connectivity index (χ1n) is 13.3. The molecule has 1 N–H and O–H groups in total. The Morgan fingerprint density at radius 2 is 1.46 bits per heavy atom. The maximum atomic E-state index is 13.3. The van der Waals surface area contributed by atoms with E-state index in [1.165, 1.54) is 0 Å². The van der Waals surface area contributed by atoms with Crippen LogP contribution in [0.15, 0.2) is 78.9 Å². The standard InChI is InChI=1S/C32H36O7/c1-4-5-19-32(37-20-24-9-7-6-8-10-24)28(39-30(34)26-17-13-23(3)14-18-26)27(38-31(32)35)21-36-29(33)25-15-11-22(2)12-16-25/h6-18,27-28,31,35H,4-5,19-21H2,1-3H3/t27-,28-,31?,32-/m1/s1. The molecular weight excluding hydrogens is 496 g/mol. The van der Waals surface area contributed by atoms with Gasteiger partial charge in [-0.1, -0.05) is 85.5 Å². The van der Waals surface area contributed by atoms with E-state index in [4.69, 9.17) is 18.9 Å². The highest BCUT2D eigenvalue weighted by atomic mass is 16.7. The van der Waals surface area contributed by atoms with Crippen LogP contribution in [0.4, 0.5) is 0 Å². The Balaban J connectivity index is 1.60. The first-order chi connectivity index (χ1) is 18.8. The lowest BCUT2D eigenvalue weighted by molar-refractivity contribution is -0.210. The fourth-order valence-corrected chi connectivity index (χ4v) is 4.65. The van der Waals surface area contributed by atoms with Crippen LogP contribution in [0, 0.1) is 13.8 Å². The Hall–Kier alpha value is -3.52. The highest BCUT2D eigenvalue weighted by Gasteiger charge is 2.59. The van der Waals surface area contributed by atoms with Gasteiger partial charge in [0.1, 0.15) is 12.7 Å². The van der Waals surface area contributed by atoms with Gasteiger partial charge in [0.15, 0.2) is 18.0 Å². The molecule has 0 radical (unpaired) electrons. The van der Waals surface area contributed by atoms with Crippen LogP contribution in [0.3, 0.4) is 0 Å². The number of carbonyl (C=O) groups excluding carboxylic acids is 2. The molecule has 0 spiro atoms. The van der Waals surface area contributed by atoms with E-state index in [0.29, 0.717) is 24.0 Å². The highest BCUT2D eigenvalue weighted by Crippen LogP contribution is 2.41. The monoisotopic (exact) mass is 532 g/mol. The van der Waals surface area contributed by atoms with Crippen molar-refractivity contribution >= 4 is 11.9 Å². The lowest BCUT2D eigenvalue weighted by atomic mass is 9.88. The lowest BCUT2D eigenvalue weighted by Crippen LogP contribution is -2.53. The summed E-state index contributed by atoms with van der Waals surface area (Å²) in [7, 11) is 0. The number of benzene rings is 3. The molecule has 1 unspecified atom stereocenters. The molecule has 1 aliphatic heterocycles. The molecule has 0 amide bonds. The van der Waals surface area contributed by atoms with Crippen LogP contribution in [0.1, 0.15) is 63.6 Å². The molecule has 1 aliphatic rings. The number of aliphatic hydroxyl groups excluding tert-OH is 1. The number of aliphatic hydroxyl groups is 1. The fraction of sp³-hybridized carbons (Fsp3) is 0.375. The normalized spacial score (nSPS) is 22.4. The molecule has 0 aromatic heterocycles. The Morgan fingerprint density at radius 3 is 2.05 bits per heavy atom. The summed E-state index contributed by atoms with van der Waals surface area (Å²) in [5, 5.41) is 11.2. The number of unbranched alkanes of at least 4 members (excludes halogenated alkanes) is 1. The largest absolute Gasteiger partial charge is 0.459 e. The smallest absolute Gasteiger partial charge is 0.338 e. The SMILES string of the molecule is CCCC[C@]1(OCc2ccccc2)C(O)O[C@H](COC(=O)c2ccc(C)cc2)[C@H]1OC(=O)c1ccc(C)cc1. The van der Waals surface area contributed by atoms with Crippen LogP contribution < -0.4 is 0 Å². The maximum Gasteiger partial charge on any atom is 0.338 e. The van der Waals surface area contributed by atoms with Gasteiger partial charge in [0.25, 0.3) is 0 Å². The zero-order chi connectivity index (χ0) is 27.8. The maximum absolute atomic E-state index is 13.3. The number of esters is 2. The number of hydrogen-bond donors (Lipinski definition) is 1. The third-order valence-electron chi connectivity index (χ3n) is 7.00. The molecule has 3 aromatic rings. The van der Waals surface area contributed by atoms with Gasteiger partial charge >= 0.3 is 11.9 Å². The van der Waals surface area contributed by atoms with Crippen LogP contribution in [-0.4, -0.2) is 47.8 Å². The average Bonchev–Trinajstić information content (AvgIpc) is 3.20. The third-order valence-corrected chi connectivity index (χ3v) is 7.00. The van der Waals surface area contributed by atoms with Crippen molar-refractivity contribution in [3.63, 3.8) is 0 Å². The summed E-state index contributed by atoms with van der Waals surface area (Å²) in [6.07, 6.45) is -1.45. The first kappa shape index (κ1) is 28.5. The van der Waals surface area contributed by atoms with E-state index in [1.807, 2.05) is 75.4 Å². The molecule has 0 bridgehead atoms. The minimum Gasteiger partial charge on any atom is -0.459 e. The van der Waals surface area contributed by atoms with Gasteiger partial charge in [-0.15, -0.1) is 0 Å². The molecule has 39 heavy (non-hydrogen) atoms. The van der Waals surface area contributed by atoms with Gasteiger partial charge in [-0.05, 0) is 50.1 Å². The molecule has 0 aliphatic carbocycles. The van der Waals surface area contributed by atoms with Crippen molar-refractivity contribution in [2.45, 2.75) is 70.7 Å². The Morgan fingerprint density at radius 1 is 0.872 bits per heavy atom. The van der Waals surface area contributed by atoms with E-state index in [0.717, 1.165) is 23.1 Å². The Labute approximate surface area is 229 Å². The van der Waals surface area contributed by atoms with E-state index < -0.39 is 36.0 Å². The number of carbonyl (C=O) groups is 2. The van der Waals surface area contributed by atoms with Gasteiger partial charge in [-0.2, -0.15) is 0 Å². The summed E-state index contributed by atoms with van der Waals surface area (Å²) >= 11 is 0. The van der Waals surface area contributed by atoms with Crippen molar-refractivity contribution in [2.24, 2.45) is 0 Å². The first-order valence-corrected chi connectivity index (χ1v) is 13.3. The molecule has 1 heterocycles. The molecule has 1 fully saturated rings. The molecule has 4 rings (SSSR count). The van der Waals surface area contributed by atoms with E-state index >= 15 is 0 Å². The van der Waals surface area contributed by atoms with Crippen molar-refractivity contribution in [3.05, 3.63) is 107 Å². The quantitative estimate of drug-likeness (QED) is 0.324. The zero-order valence-electron chi connectivity index (χ0n) is 22.7. The Kier molecular flexibility index (Phi) is 9.51. The van der Waals surface area contributed by atoms with Crippen LogP contribution in [0.25, 0.3) is 0 Å². The van der Waals surface area contributed by atoms with Crippen molar-refractivity contribution in [3.8, 4) is 0 Å². The third kappa shape index (κ3) is 6.92. The minimum absolute atomic E-state index is 0.180. The summed E-state index contributed by atoms with van der Waals surface area (Å²) in [4.78, 5) is 26.0. The van der Waals surface area contributed by atoms with Crippen molar-refractivity contribution in [1.29, 1.82) is 0 Å². The molecule has 206 valence electrons.